The Hall–Kier alpha value is -0.910. The number of rotatable bonds is 4. The van der Waals surface area contributed by atoms with Gasteiger partial charge in [0.25, 0.3) is 0 Å². The van der Waals surface area contributed by atoms with E-state index in [2.05, 4.69) is 26.2 Å². The molecule has 0 aliphatic rings. The number of halogens is 1. The lowest BCUT2D eigenvalue weighted by atomic mass is 10.3. The maximum atomic E-state index is 5.48. The first kappa shape index (κ1) is 11.6. The molecule has 1 aromatic carbocycles. The Morgan fingerprint density at radius 2 is 2.06 bits per heavy atom. The van der Waals surface area contributed by atoms with Gasteiger partial charge in [0.15, 0.2) is 5.13 Å². The van der Waals surface area contributed by atoms with Crippen molar-refractivity contribution in [2.24, 2.45) is 5.73 Å². The Morgan fingerprint density at radius 3 is 2.75 bits per heavy atom. The van der Waals surface area contributed by atoms with Crippen molar-refractivity contribution in [2.45, 2.75) is 6.42 Å². The number of nitrogens with two attached hydrogens (primary N) is 1. The van der Waals surface area contributed by atoms with Crippen molar-refractivity contribution < 1.29 is 0 Å². The van der Waals surface area contributed by atoms with E-state index in [1.165, 1.54) is 0 Å². The summed E-state index contributed by atoms with van der Waals surface area (Å²) in [4.78, 5) is 4.43. The van der Waals surface area contributed by atoms with Crippen molar-refractivity contribution in [3.05, 3.63) is 39.8 Å². The molecule has 84 valence electrons. The van der Waals surface area contributed by atoms with E-state index in [0.29, 0.717) is 6.54 Å². The Balaban J connectivity index is 2.05. The summed E-state index contributed by atoms with van der Waals surface area (Å²) in [6.07, 6.45) is 0.832. The molecule has 1 heterocycles. The monoisotopic (exact) mass is 297 g/mol. The minimum atomic E-state index is 0.640. The second kappa shape index (κ2) is 5.43. The molecule has 0 aliphatic heterocycles. The SMILES string of the molecule is NCCc1csc(Nc2ccc(Br)cc2)n1. The van der Waals surface area contributed by atoms with Crippen molar-refractivity contribution >= 4 is 38.1 Å². The molecule has 16 heavy (non-hydrogen) atoms. The molecule has 3 N–H and O–H groups in total. The summed E-state index contributed by atoms with van der Waals surface area (Å²) < 4.78 is 1.07. The Labute approximate surface area is 107 Å². The van der Waals surface area contributed by atoms with Crippen LogP contribution in [0.4, 0.5) is 10.8 Å². The van der Waals surface area contributed by atoms with Crippen molar-refractivity contribution in [3.8, 4) is 0 Å². The number of benzene rings is 1. The van der Waals surface area contributed by atoms with Gasteiger partial charge in [-0.25, -0.2) is 4.98 Å². The van der Waals surface area contributed by atoms with E-state index in [9.17, 15) is 0 Å². The Kier molecular flexibility index (Phi) is 3.93. The van der Waals surface area contributed by atoms with Crippen LogP contribution < -0.4 is 11.1 Å². The summed E-state index contributed by atoms with van der Waals surface area (Å²) in [5.74, 6) is 0. The third kappa shape index (κ3) is 3.04. The van der Waals surface area contributed by atoms with Gasteiger partial charge in [-0.05, 0) is 30.8 Å². The highest BCUT2D eigenvalue weighted by molar-refractivity contribution is 9.10. The van der Waals surface area contributed by atoms with Crippen LogP contribution in [0, 0.1) is 0 Å². The number of aromatic nitrogens is 1. The van der Waals surface area contributed by atoms with Gasteiger partial charge in [-0.3, -0.25) is 0 Å². The molecule has 3 nitrogen and oxygen atoms in total. The van der Waals surface area contributed by atoms with Crippen LogP contribution in [0.25, 0.3) is 0 Å². The number of thiazole rings is 1. The van der Waals surface area contributed by atoms with Crippen LogP contribution in [0.3, 0.4) is 0 Å². The Bertz CT molecular complexity index is 453. The van der Waals surface area contributed by atoms with E-state index >= 15 is 0 Å². The fourth-order valence-corrected chi connectivity index (χ4v) is 2.31. The number of nitrogens with one attached hydrogen (secondary N) is 1. The van der Waals surface area contributed by atoms with Gasteiger partial charge in [-0.2, -0.15) is 0 Å². The van der Waals surface area contributed by atoms with Crippen molar-refractivity contribution in [2.75, 3.05) is 11.9 Å². The predicted octanol–water partition coefficient (Wildman–Crippen LogP) is 3.15. The molecule has 0 atom stereocenters. The van der Waals surface area contributed by atoms with Crippen LogP contribution in [-0.2, 0) is 6.42 Å². The van der Waals surface area contributed by atoms with Crippen LogP contribution in [-0.4, -0.2) is 11.5 Å². The molecule has 2 aromatic rings. The largest absolute Gasteiger partial charge is 0.332 e. The molecule has 2 rings (SSSR count). The zero-order chi connectivity index (χ0) is 11.4. The minimum Gasteiger partial charge on any atom is -0.332 e. The first-order chi connectivity index (χ1) is 7.78. The van der Waals surface area contributed by atoms with Crippen LogP contribution in [0.5, 0.6) is 0 Å². The molecule has 0 unspecified atom stereocenters. The van der Waals surface area contributed by atoms with E-state index in [4.69, 9.17) is 5.73 Å². The van der Waals surface area contributed by atoms with Gasteiger partial charge in [0.1, 0.15) is 0 Å². The first-order valence-corrected chi connectivity index (χ1v) is 6.62. The first-order valence-electron chi connectivity index (χ1n) is 4.95. The maximum absolute atomic E-state index is 5.48. The molecule has 0 radical (unpaired) electrons. The molecule has 0 fully saturated rings. The Morgan fingerprint density at radius 1 is 1.31 bits per heavy atom. The van der Waals surface area contributed by atoms with E-state index in [1.54, 1.807) is 11.3 Å². The highest BCUT2D eigenvalue weighted by Crippen LogP contribution is 2.22. The predicted molar refractivity (Wildman–Crippen MR) is 72.3 cm³/mol. The third-order valence-corrected chi connectivity index (χ3v) is 3.38. The standard InChI is InChI=1S/C11H12BrN3S/c12-8-1-3-9(4-2-8)14-11-15-10(5-6-13)7-16-11/h1-4,7H,5-6,13H2,(H,14,15). The van der Waals surface area contributed by atoms with Crippen LogP contribution >= 0.6 is 27.3 Å². The molecule has 1 aromatic heterocycles. The third-order valence-electron chi connectivity index (χ3n) is 2.05. The molecule has 0 bridgehead atoms. The quantitative estimate of drug-likeness (QED) is 0.911. The minimum absolute atomic E-state index is 0.640. The van der Waals surface area contributed by atoms with Crippen molar-refractivity contribution in [1.82, 2.24) is 4.98 Å². The summed E-state index contributed by atoms with van der Waals surface area (Å²) >= 11 is 5.00. The highest BCUT2D eigenvalue weighted by atomic mass is 79.9. The smallest absolute Gasteiger partial charge is 0.187 e. The molecule has 5 heteroatoms. The summed E-state index contributed by atoms with van der Waals surface area (Å²) in [7, 11) is 0. The lowest BCUT2D eigenvalue weighted by Gasteiger charge is -2.01. The topological polar surface area (TPSA) is 50.9 Å². The van der Waals surface area contributed by atoms with E-state index in [-0.39, 0.29) is 0 Å². The van der Waals surface area contributed by atoms with Gasteiger partial charge >= 0.3 is 0 Å². The summed E-state index contributed by atoms with van der Waals surface area (Å²) in [6, 6.07) is 8.01. The molecule has 0 saturated carbocycles. The fraction of sp³-hybridized carbons (Fsp3) is 0.182. The van der Waals surface area contributed by atoms with E-state index in [0.717, 1.165) is 27.4 Å². The summed E-state index contributed by atoms with van der Waals surface area (Å²) in [5, 5.41) is 6.20. The highest BCUT2D eigenvalue weighted by Gasteiger charge is 2.01. The molecule has 0 saturated heterocycles. The normalized spacial score (nSPS) is 10.4. The number of hydrogen-bond donors (Lipinski definition) is 2. The van der Waals surface area contributed by atoms with Crippen molar-refractivity contribution in [3.63, 3.8) is 0 Å². The van der Waals surface area contributed by atoms with Gasteiger partial charge in [-0.15, -0.1) is 11.3 Å². The average molecular weight is 298 g/mol. The lowest BCUT2D eigenvalue weighted by Crippen LogP contribution is -2.02. The lowest BCUT2D eigenvalue weighted by molar-refractivity contribution is 0.936. The van der Waals surface area contributed by atoms with Gasteiger partial charge in [0, 0.05) is 22.0 Å². The van der Waals surface area contributed by atoms with Gasteiger partial charge in [0.05, 0.1) is 5.69 Å². The molecule has 0 aliphatic carbocycles. The van der Waals surface area contributed by atoms with Gasteiger partial charge < -0.3 is 11.1 Å². The van der Waals surface area contributed by atoms with Gasteiger partial charge in [0.2, 0.25) is 0 Å². The van der Waals surface area contributed by atoms with E-state index < -0.39 is 0 Å². The van der Waals surface area contributed by atoms with Crippen LogP contribution in [0.1, 0.15) is 5.69 Å². The zero-order valence-electron chi connectivity index (χ0n) is 8.61. The van der Waals surface area contributed by atoms with Crippen molar-refractivity contribution in [1.29, 1.82) is 0 Å². The van der Waals surface area contributed by atoms with Crippen LogP contribution in [0.15, 0.2) is 34.1 Å². The summed E-state index contributed by atoms with van der Waals surface area (Å²) in [6.45, 7) is 0.640. The average Bonchev–Trinajstić information content (AvgIpc) is 2.70. The second-order valence-corrected chi connectivity index (χ2v) is 5.09. The molecular formula is C11H12BrN3S. The summed E-state index contributed by atoms with van der Waals surface area (Å²) in [5.41, 5.74) is 7.57. The maximum Gasteiger partial charge on any atom is 0.187 e. The fourth-order valence-electron chi connectivity index (χ4n) is 1.28. The zero-order valence-corrected chi connectivity index (χ0v) is 11.0. The van der Waals surface area contributed by atoms with E-state index in [1.807, 2.05) is 29.6 Å². The number of nitrogens with zero attached hydrogens (tertiary/aromatic N) is 1. The number of anilines is 2. The van der Waals surface area contributed by atoms with Gasteiger partial charge in [-0.1, -0.05) is 15.9 Å². The number of hydrogen-bond acceptors (Lipinski definition) is 4. The molecular weight excluding hydrogens is 286 g/mol. The molecule has 0 amide bonds. The molecule has 0 spiro atoms. The second-order valence-electron chi connectivity index (χ2n) is 3.31. The van der Waals surface area contributed by atoms with Crippen LogP contribution in [0.2, 0.25) is 0 Å².